The molecule has 35 heavy (non-hydrogen) atoms. The van der Waals surface area contributed by atoms with Gasteiger partial charge in [0.25, 0.3) is 5.91 Å². The number of halogens is 3. The number of methoxy groups -OCH3 is 2. The molecule has 1 heterocycles. The number of amides is 1. The van der Waals surface area contributed by atoms with E-state index in [0.29, 0.717) is 42.7 Å². The topological polar surface area (TPSA) is 48.0 Å². The molecule has 10 heteroatoms. The van der Waals surface area contributed by atoms with Crippen LogP contribution in [-0.2, 0) is 11.4 Å². The van der Waals surface area contributed by atoms with Crippen LogP contribution in [0.25, 0.3) is 6.08 Å². The van der Waals surface area contributed by atoms with E-state index in [1.54, 1.807) is 48.5 Å². The summed E-state index contributed by atoms with van der Waals surface area (Å²) in [6.07, 6.45) is 1.70. The average molecular weight is 550 g/mol. The Balaban J connectivity index is 1.59. The van der Waals surface area contributed by atoms with Crippen molar-refractivity contribution in [2.24, 2.45) is 0 Å². The highest BCUT2D eigenvalue weighted by atomic mass is 35.5. The summed E-state index contributed by atoms with van der Waals surface area (Å²) in [5.74, 6) is 0.583. The molecule has 0 bridgehead atoms. The third kappa shape index (κ3) is 5.41. The Hall–Kier alpha value is -2.78. The monoisotopic (exact) mass is 549 g/mol. The Morgan fingerprint density at radius 2 is 1.74 bits per heavy atom. The molecule has 1 saturated heterocycles. The van der Waals surface area contributed by atoms with Crippen LogP contribution in [0, 0.1) is 5.82 Å². The van der Waals surface area contributed by atoms with Crippen molar-refractivity contribution in [3.05, 3.63) is 86.5 Å². The number of thiocarbonyl (C=S) groups is 1. The number of carbonyl (C=O) groups is 1. The lowest BCUT2D eigenvalue weighted by Gasteiger charge is -2.15. The second kappa shape index (κ2) is 10.9. The van der Waals surface area contributed by atoms with Crippen molar-refractivity contribution in [3.8, 4) is 17.2 Å². The molecule has 0 unspecified atom stereocenters. The Kier molecular flexibility index (Phi) is 7.86. The molecule has 1 fully saturated rings. The highest BCUT2D eigenvalue weighted by Crippen LogP contribution is 2.39. The molecule has 0 atom stereocenters. The van der Waals surface area contributed by atoms with E-state index in [2.05, 4.69) is 0 Å². The van der Waals surface area contributed by atoms with Gasteiger partial charge in [0, 0.05) is 5.56 Å². The number of thioether (sulfide) groups is 1. The molecule has 0 aliphatic carbocycles. The molecule has 1 amide bonds. The quantitative estimate of drug-likeness (QED) is 0.230. The van der Waals surface area contributed by atoms with Gasteiger partial charge in [-0.1, -0.05) is 59.3 Å². The van der Waals surface area contributed by atoms with Gasteiger partial charge in [-0.2, -0.15) is 0 Å². The van der Waals surface area contributed by atoms with Crippen LogP contribution in [0.15, 0.2) is 59.5 Å². The minimum Gasteiger partial charge on any atom is -0.495 e. The van der Waals surface area contributed by atoms with Gasteiger partial charge < -0.3 is 14.2 Å². The van der Waals surface area contributed by atoms with Crippen LogP contribution in [0.3, 0.4) is 0 Å². The van der Waals surface area contributed by atoms with Crippen LogP contribution in [-0.4, -0.2) is 24.4 Å². The molecular formula is C25H18Cl2FNO4S2. The third-order valence-corrected chi connectivity index (χ3v) is 7.06. The zero-order valence-electron chi connectivity index (χ0n) is 18.5. The largest absolute Gasteiger partial charge is 0.495 e. The van der Waals surface area contributed by atoms with Gasteiger partial charge in [0.2, 0.25) is 0 Å². The number of rotatable bonds is 7. The smallest absolute Gasteiger partial charge is 0.270 e. The van der Waals surface area contributed by atoms with Crippen molar-refractivity contribution < 1.29 is 23.4 Å². The number of hydrogen-bond donors (Lipinski definition) is 0. The van der Waals surface area contributed by atoms with E-state index in [-0.39, 0.29) is 23.1 Å². The fraction of sp³-hybridized carbons (Fsp3) is 0.120. The molecule has 4 rings (SSSR count). The van der Waals surface area contributed by atoms with Gasteiger partial charge in [0.05, 0.1) is 34.9 Å². The van der Waals surface area contributed by atoms with Crippen LogP contribution in [0.5, 0.6) is 17.2 Å². The highest BCUT2D eigenvalue weighted by Gasteiger charge is 2.33. The summed E-state index contributed by atoms with van der Waals surface area (Å²) in [6, 6.07) is 14.6. The normalized spacial score (nSPS) is 14.5. The molecule has 3 aromatic carbocycles. The van der Waals surface area contributed by atoms with Crippen LogP contribution in [0.4, 0.5) is 10.1 Å². The Morgan fingerprint density at radius 1 is 1.00 bits per heavy atom. The SMILES string of the molecule is COc1ccc(N2C(=O)/C(=C\c3ccc(OC)c(OCc4c(F)cccc4Cl)c3)SC2=S)cc1Cl. The van der Waals surface area contributed by atoms with Gasteiger partial charge in [-0.3, -0.25) is 9.69 Å². The third-order valence-electron chi connectivity index (χ3n) is 5.11. The van der Waals surface area contributed by atoms with E-state index in [1.165, 1.54) is 43.0 Å². The lowest BCUT2D eigenvalue weighted by molar-refractivity contribution is -0.113. The molecule has 0 radical (unpaired) electrons. The summed E-state index contributed by atoms with van der Waals surface area (Å²) in [5, 5.41) is 0.636. The standard InChI is InChI=1S/C25H18Cl2FNO4S2/c1-31-20-9-7-15(12-18(20)27)29-24(30)23(35-25(29)34)11-14-6-8-21(32-2)22(10-14)33-13-16-17(26)4-3-5-19(16)28/h3-12H,13H2,1-2H3/b23-11+. The summed E-state index contributed by atoms with van der Waals surface area (Å²) >= 11 is 18.9. The van der Waals surface area contributed by atoms with Gasteiger partial charge in [-0.05, 0) is 54.1 Å². The van der Waals surface area contributed by atoms with Gasteiger partial charge in [-0.15, -0.1) is 0 Å². The summed E-state index contributed by atoms with van der Waals surface area (Å²) in [7, 11) is 3.02. The lowest BCUT2D eigenvalue weighted by atomic mass is 10.1. The number of ether oxygens (including phenoxy) is 3. The first-order valence-corrected chi connectivity index (χ1v) is 12.2. The van der Waals surface area contributed by atoms with Crippen LogP contribution < -0.4 is 19.1 Å². The molecule has 3 aromatic rings. The second-order valence-corrected chi connectivity index (χ2v) is 9.73. The fourth-order valence-corrected chi connectivity index (χ4v) is 5.12. The number of anilines is 1. The molecule has 180 valence electrons. The summed E-state index contributed by atoms with van der Waals surface area (Å²) in [4.78, 5) is 15.0. The van der Waals surface area contributed by atoms with E-state index in [1.807, 2.05) is 0 Å². The van der Waals surface area contributed by atoms with E-state index >= 15 is 0 Å². The first-order chi connectivity index (χ1) is 16.8. The highest BCUT2D eigenvalue weighted by molar-refractivity contribution is 8.27. The first kappa shape index (κ1) is 25.3. The number of carbonyl (C=O) groups excluding carboxylic acids is 1. The fourth-order valence-electron chi connectivity index (χ4n) is 3.35. The molecular weight excluding hydrogens is 532 g/mol. The summed E-state index contributed by atoms with van der Waals surface area (Å²) in [6.45, 7) is -0.0916. The molecule has 0 spiro atoms. The molecule has 1 aliphatic heterocycles. The zero-order valence-corrected chi connectivity index (χ0v) is 21.7. The van der Waals surface area contributed by atoms with E-state index in [4.69, 9.17) is 49.6 Å². The minimum absolute atomic E-state index is 0.0916. The lowest BCUT2D eigenvalue weighted by Crippen LogP contribution is -2.27. The van der Waals surface area contributed by atoms with Gasteiger partial charge in [-0.25, -0.2) is 4.39 Å². The van der Waals surface area contributed by atoms with E-state index < -0.39 is 5.82 Å². The average Bonchev–Trinajstić information content (AvgIpc) is 3.11. The first-order valence-electron chi connectivity index (χ1n) is 10.2. The van der Waals surface area contributed by atoms with Crippen molar-refractivity contribution in [2.75, 3.05) is 19.1 Å². The molecule has 0 saturated carbocycles. The maximum absolute atomic E-state index is 14.1. The van der Waals surface area contributed by atoms with Gasteiger partial charge in [0.15, 0.2) is 15.8 Å². The predicted molar refractivity (Wildman–Crippen MR) is 142 cm³/mol. The Morgan fingerprint density at radius 3 is 2.43 bits per heavy atom. The number of hydrogen-bond acceptors (Lipinski definition) is 6. The molecule has 0 N–H and O–H groups in total. The van der Waals surface area contributed by atoms with Gasteiger partial charge >= 0.3 is 0 Å². The molecule has 1 aliphatic rings. The van der Waals surface area contributed by atoms with Crippen molar-refractivity contribution in [1.82, 2.24) is 0 Å². The second-order valence-electron chi connectivity index (χ2n) is 7.24. The minimum atomic E-state index is -0.463. The maximum atomic E-state index is 14.1. The predicted octanol–water partition coefficient (Wildman–Crippen LogP) is 7.13. The summed E-state index contributed by atoms with van der Waals surface area (Å²) in [5.41, 5.74) is 1.46. The zero-order chi connectivity index (χ0) is 25.1. The van der Waals surface area contributed by atoms with Crippen LogP contribution in [0.1, 0.15) is 11.1 Å². The van der Waals surface area contributed by atoms with Crippen molar-refractivity contribution in [3.63, 3.8) is 0 Å². The van der Waals surface area contributed by atoms with Crippen molar-refractivity contribution in [2.45, 2.75) is 6.61 Å². The van der Waals surface area contributed by atoms with Crippen LogP contribution >= 0.6 is 47.2 Å². The van der Waals surface area contributed by atoms with Gasteiger partial charge in [0.1, 0.15) is 18.2 Å². The number of nitrogens with zero attached hydrogens (tertiary/aromatic N) is 1. The number of benzene rings is 3. The maximum Gasteiger partial charge on any atom is 0.270 e. The van der Waals surface area contributed by atoms with Crippen molar-refractivity contribution >= 4 is 69.2 Å². The van der Waals surface area contributed by atoms with E-state index in [9.17, 15) is 9.18 Å². The molecule has 0 aromatic heterocycles. The summed E-state index contributed by atoms with van der Waals surface area (Å²) < 4.78 is 30.9. The van der Waals surface area contributed by atoms with Crippen molar-refractivity contribution in [1.29, 1.82) is 0 Å². The van der Waals surface area contributed by atoms with E-state index in [0.717, 1.165) is 0 Å². The Bertz CT molecular complexity index is 1330. The molecule has 5 nitrogen and oxygen atoms in total. The Labute approximate surface area is 221 Å². The van der Waals surface area contributed by atoms with Crippen LogP contribution in [0.2, 0.25) is 10.0 Å².